The number of carbonyl (C=O) groups is 3. The highest BCUT2D eigenvalue weighted by molar-refractivity contribution is 6.39. The van der Waals surface area contributed by atoms with Gasteiger partial charge in [0.05, 0.1) is 12.2 Å². The maximum Gasteiger partial charge on any atom is 0.329 e. The molecule has 0 fully saturated rings. The first-order chi connectivity index (χ1) is 12.8. The summed E-state index contributed by atoms with van der Waals surface area (Å²) >= 11 is 5.88. The Labute approximate surface area is 159 Å². The van der Waals surface area contributed by atoms with E-state index in [0.717, 1.165) is 5.56 Å². The first-order valence-electron chi connectivity index (χ1n) is 7.68. The summed E-state index contributed by atoms with van der Waals surface area (Å²) in [5.41, 5.74) is 3.86. The maximum absolute atomic E-state index is 11.8. The number of anilines is 1. The van der Waals surface area contributed by atoms with E-state index in [1.165, 1.54) is 24.4 Å². The van der Waals surface area contributed by atoms with Crippen LogP contribution in [-0.4, -0.2) is 30.6 Å². The molecule has 0 saturated heterocycles. The van der Waals surface area contributed by atoms with Crippen molar-refractivity contribution in [3.05, 3.63) is 58.6 Å². The van der Waals surface area contributed by atoms with E-state index < -0.39 is 24.4 Å². The number of ether oxygens (including phenoxy) is 1. The number of carboxylic acids is 1. The third-order valence-corrected chi connectivity index (χ3v) is 3.44. The van der Waals surface area contributed by atoms with Gasteiger partial charge in [-0.1, -0.05) is 29.3 Å². The SMILES string of the molecule is Cc1ccc(NC(=O)C(=O)N/N=C\c2cc(Cl)ccc2OCC(=O)[O-])cc1. The van der Waals surface area contributed by atoms with E-state index in [4.69, 9.17) is 16.3 Å². The molecule has 0 aliphatic carbocycles. The Morgan fingerprint density at radius 2 is 1.85 bits per heavy atom. The molecule has 8 nitrogen and oxygen atoms in total. The van der Waals surface area contributed by atoms with E-state index in [1.807, 2.05) is 6.92 Å². The molecule has 2 aromatic carbocycles. The Balaban J connectivity index is 1.98. The lowest BCUT2D eigenvalue weighted by Crippen LogP contribution is -2.32. The highest BCUT2D eigenvalue weighted by Gasteiger charge is 2.13. The van der Waals surface area contributed by atoms with Crippen molar-refractivity contribution in [2.75, 3.05) is 11.9 Å². The number of aryl methyl sites for hydroxylation is 1. The van der Waals surface area contributed by atoms with Gasteiger partial charge in [-0.05, 0) is 37.3 Å². The topological polar surface area (TPSA) is 120 Å². The zero-order valence-electron chi connectivity index (χ0n) is 14.2. The Hall–Kier alpha value is -3.39. The van der Waals surface area contributed by atoms with E-state index in [0.29, 0.717) is 16.3 Å². The second-order valence-corrected chi connectivity index (χ2v) is 5.80. The third-order valence-electron chi connectivity index (χ3n) is 3.20. The molecule has 0 bridgehead atoms. The van der Waals surface area contributed by atoms with Gasteiger partial charge in [0, 0.05) is 16.3 Å². The number of rotatable bonds is 6. The number of amides is 2. The van der Waals surface area contributed by atoms with E-state index in [-0.39, 0.29) is 5.75 Å². The number of hydrogen-bond donors (Lipinski definition) is 2. The number of aliphatic carboxylic acids is 1. The molecule has 2 amide bonds. The van der Waals surface area contributed by atoms with Crippen LogP contribution in [0.3, 0.4) is 0 Å². The Bertz CT molecular complexity index is 881. The standard InChI is InChI=1S/C18H16ClN3O5/c1-11-2-5-14(6-3-11)21-17(25)18(26)22-20-9-12-8-13(19)4-7-15(12)27-10-16(23)24/h2-9H,10H2,1H3,(H,21,25)(H,22,26)(H,23,24)/p-1/b20-9-. The molecule has 0 unspecified atom stereocenters. The minimum atomic E-state index is -1.39. The summed E-state index contributed by atoms with van der Waals surface area (Å²) in [6.45, 7) is 1.24. The lowest BCUT2D eigenvalue weighted by atomic mass is 10.2. The van der Waals surface area contributed by atoms with Crippen LogP contribution < -0.4 is 20.6 Å². The number of hydrogen-bond acceptors (Lipinski definition) is 6. The zero-order valence-corrected chi connectivity index (χ0v) is 14.9. The second kappa shape index (κ2) is 9.35. The van der Waals surface area contributed by atoms with Crippen molar-refractivity contribution in [2.24, 2.45) is 5.10 Å². The molecule has 9 heteroatoms. The molecule has 140 valence electrons. The molecular weight excluding hydrogens is 374 g/mol. The van der Waals surface area contributed by atoms with Crippen LogP contribution in [-0.2, 0) is 14.4 Å². The molecule has 0 aliphatic heterocycles. The number of carbonyl (C=O) groups excluding carboxylic acids is 3. The summed E-state index contributed by atoms with van der Waals surface area (Å²) in [5, 5.41) is 16.9. The van der Waals surface area contributed by atoms with Gasteiger partial charge in [0.1, 0.15) is 12.4 Å². The molecule has 0 heterocycles. The van der Waals surface area contributed by atoms with Gasteiger partial charge in [-0.25, -0.2) is 5.43 Å². The molecule has 0 aromatic heterocycles. The Kier molecular flexibility index (Phi) is 6.90. The number of halogens is 1. The summed E-state index contributed by atoms with van der Waals surface area (Å²) in [6.07, 6.45) is 1.17. The number of carboxylic acid groups (broad SMARTS) is 1. The van der Waals surface area contributed by atoms with Crippen LogP contribution in [0, 0.1) is 6.92 Å². The highest BCUT2D eigenvalue weighted by atomic mass is 35.5. The number of nitrogens with zero attached hydrogens (tertiary/aromatic N) is 1. The minimum absolute atomic E-state index is 0.172. The fourth-order valence-corrected chi connectivity index (χ4v) is 2.10. The summed E-state index contributed by atoms with van der Waals surface area (Å²) < 4.78 is 5.04. The predicted octanol–water partition coefficient (Wildman–Crippen LogP) is 0.866. The highest BCUT2D eigenvalue weighted by Crippen LogP contribution is 2.21. The summed E-state index contributed by atoms with van der Waals surface area (Å²) in [6, 6.07) is 11.3. The van der Waals surface area contributed by atoms with Crippen LogP contribution in [0.5, 0.6) is 5.75 Å². The fourth-order valence-electron chi connectivity index (χ4n) is 1.92. The van der Waals surface area contributed by atoms with E-state index in [2.05, 4.69) is 15.8 Å². The van der Waals surface area contributed by atoms with Gasteiger partial charge >= 0.3 is 11.8 Å². The first kappa shape index (κ1) is 19.9. The lowest BCUT2D eigenvalue weighted by Gasteiger charge is -2.09. The van der Waals surface area contributed by atoms with Crippen LogP contribution >= 0.6 is 11.6 Å². The van der Waals surface area contributed by atoms with Crippen molar-refractivity contribution < 1.29 is 24.2 Å². The van der Waals surface area contributed by atoms with Crippen molar-refractivity contribution in [2.45, 2.75) is 6.92 Å². The van der Waals surface area contributed by atoms with Gasteiger partial charge in [0.15, 0.2) is 0 Å². The smallest absolute Gasteiger partial charge is 0.329 e. The third kappa shape index (κ3) is 6.44. The summed E-state index contributed by atoms with van der Waals surface area (Å²) in [4.78, 5) is 34.1. The zero-order chi connectivity index (χ0) is 19.8. The van der Waals surface area contributed by atoms with Gasteiger partial charge in [-0.2, -0.15) is 5.10 Å². The Morgan fingerprint density at radius 1 is 1.15 bits per heavy atom. The van der Waals surface area contributed by atoms with Crippen molar-refractivity contribution in [1.82, 2.24) is 5.43 Å². The van der Waals surface area contributed by atoms with Crippen molar-refractivity contribution >= 4 is 41.3 Å². The molecule has 27 heavy (non-hydrogen) atoms. The quantitative estimate of drug-likeness (QED) is 0.432. The van der Waals surface area contributed by atoms with Gasteiger partial charge < -0.3 is 20.0 Å². The normalized spacial score (nSPS) is 10.4. The summed E-state index contributed by atoms with van der Waals surface area (Å²) in [5.74, 6) is -3.10. The molecule has 2 aromatic rings. The number of nitrogens with one attached hydrogen (secondary N) is 2. The Morgan fingerprint density at radius 3 is 2.52 bits per heavy atom. The largest absolute Gasteiger partial charge is 0.546 e. The minimum Gasteiger partial charge on any atom is -0.546 e. The molecule has 0 radical (unpaired) electrons. The van der Waals surface area contributed by atoms with Gasteiger partial charge in [0.25, 0.3) is 0 Å². The molecule has 0 atom stereocenters. The van der Waals surface area contributed by atoms with Crippen molar-refractivity contribution in [3.8, 4) is 5.75 Å². The first-order valence-corrected chi connectivity index (χ1v) is 8.06. The van der Waals surface area contributed by atoms with Gasteiger partial charge in [-0.15, -0.1) is 0 Å². The molecule has 0 saturated carbocycles. The maximum atomic E-state index is 11.8. The molecule has 2 N–H and O–H groups in total. The van der Waals surface area contributed by atoms with Crippen LogP contribution in [0.25, 0.3) is 0 Å². The van der Waals surface area contributed by atoms with E-state index in [1.54, 1.807) is 24.3 Å². The second-order valence-electron chi connectivity index (χ2n) is 5.36. The number of hydrazone groups is 1. The van der Waals surface area contributed by atoms with Crippen LogP contribution in [0.1, 0.15) is 11.1 Å². The fraction of sp³-hybridized carbons (Fsp3) is 0.111. The van der Waals surface area contributed by atoms with Gasteiger partial charge in [-0.3, -0.25) is 9.59 Å². The molecule has 2 rings (SSSR count). The van der Waals surface area contributed by atoms with Crippen LogP contribution in [0.15, 0.2) is 47.6 Å². The van der Waals surface area contributed by atoms with E-state index in [9.17, 15) is 19.5 Å². The van der Waals surface area contributed by atoms with Crippen LogP contribution in [0.2, 0.25) is 5.02 Å². The summed E-state index contributed by atoms with van der Waals surface area (Å²) in [7, 11) is 0. The number of benzene rings is 2. The lowest BCUT2D eigenvalue weighted by molar-refractivity contribution is -0.307. The molecular formula is C18H15ClN3O5-. The van der Waals surface area contributed by atoms with Crippen molar-refractivity contribution in [1.29, 1.82) is 0 Å². The van der Waals surface area contributed by atoms with Crippen molar-refractivity contribution in [3.63, 3.8) is 0 Å². The molecule has 0 aliphatic rings. The average molecular weight is 389 g/mol. The van der Waals surface area contributed by atoms with Gasteiger partial charge in [0.2, 0.25) is 0 Å². The monoisotopic (exact) mass is 388 g/mol. The predicted molar refractivity (Wildman–Crippen MR) is 97.5 cm³/mol. The van der Waals surface area contributed by atoms with Crippen LogP contribution in [0.4, 0.5) is 5.69 Å². The van der Waals surface area contributed by atoms with E-state index >= 15 is 0 Å². The average Bonchev–Trinajstić information content (AvgIpc) is 2.62. The molecule has 0 spiro atoms.